The first kappa shape index (κ1) is 9.20. The Balaban J connectivity index is 2.96. The zero-order valence-electron chi connectivity index (χ0n) is 7.34. The van der Waals surface area contributed by atoms with Crippen molar-refractivity contribution in [1.29, 1.82) is 0 Å². The molecule has 0 radical (unpaired) electrons. The van der Waals surface area contributed by atoms with Crippen molar-refractivity contribution in [2.24, 2.45) is 0 Å². The van der Waals surface area contributed by atoms with E-state index in [2.05, 4.69) is 0 Å². The van der Waals surface area contributed by atoms with Crippen molar-refractivity contribution in [3.63, 3.8) is 0 Å². The lowest BCUT2D eigenvalue weighted by Gasteiger charge is -2.21. The summed E-state index contributed by atoms with van der Waals surface area (Å²) in [5, 5.41) is 9.76. The molecule has 1 nitrogen and oxygen atoms in total. The van der Waals surface area contributed by atoms with E-state index in [1.165, 1.54) is 12.1 Å². The second kappa shape index (κ2) is 3.23. The number of aliphatic hydroxyl groups is 1. The third-order valence-corrected chi connectivity index (χ3v) is 2.15. The van der Waals surface area contributed by atoms with Crippen LogP contribution in [0.15, 0.2) is 24.3 Å². The highest BCUT2D eigenvalue weighted by molar-refractivity contribution is 5.21. The van der Waals surface area contributed by atoms with Gasteiger partial charge in [-0.05, 0) is 31.0 Å². The molecule has 66 valence electrons. The molecular weight excluding hydrogens is 155 g/mol. The van der Waals surface area contributed by atoms with Crippen LogP contribution in [0.5, 0.6) is 0 Å². The van der Waals surface area contributed by atoms with Crippen molar-refractivity contribution in [3.05, 3.63) is 35.6 Å². The molecule has 1 atom stereocenters. The SMILES string of the molecule is CCC(C)(O)c1ccc(F)cc1. The molecule has 0 spiro atoms. The zero-order chi connectivity index (χ0) is 9.19. The Kier molecular flexibility index (Phi) is 2.48. The van der Waals surface area contributed by atoms with Gasteiger partial charge in [-0.2, -0.15) is 0 Å². The number of benzene rings is 1. The fourth-order valence-electron chi connectivity index (χ4n) is 1.01. The molecule has 1 N–H and O–H groups in total. The fraction of sp³-hybridized carbons (Fsp3) is 0.400. The molecule has 0 aliphatic heterocycles. The van der Waals surface area contributed by atoms with E-state index < -0.39 is 5.60 Å². The van der Waals surface area contributed by atoms with Crippen molar-refractivity contribution in [2.75, 3.05) is 0 Å². The molecule has 12 heavy (non-hydrogen) atoms. The molecule has 2 heteroatoms. The molecule has 0 aromatic heterocycles. The predicted octanol–water partition coefficient (Wildman–Crippen LogP) is 2.44. The van der Waals surface area contributed by atoms with Gasteiger partial charge in [0.05, 0.1) is 5.60 Å². The average Bonchev–Trinajstić information content (AvgIpc) is 2.05. The molecule has 1 aromatic rings. The first-order valence-corrected chi connectivity index (χ1v) is 4.04. The van der Waals surface area contributed by atoms with E-state index in [0.29, 0.717) is 6.42 Å². The molecule has 1 rings (SSSR count). The zero-order valence-corrected chi connectivity index (χ0v) is 7.34. The average molecular weight is 168 g/mol. The third kappa shape index (κ3) is 1.83. The summed E-state index contributed by atoms with van der Waals surface area (Å²) in [6, 6.07) is 5.94. The number of hydrogen-bond acceptors (Lipinski definition) is 1. The first-order valence-electron chi connectivity index (χ1n) is 4.04. The normalized spacial score (nSPS) is 15.7. The van der Waals surface area contributed by atoms with Gasteiger partial charge in [-0.3, -0.25) is 0 Å². The molecule has 0 heterocycles. The lowest BCUT2D eigenvalue weighted by molar-refractivity contribution is 0.0530. The van der Waals surface area contributed by atoms with E-state index in [9.17, 15) is 9.50 Å². The summed E-state index contributed by atoms with van der Waals surface area (Å²) in [4.78, 5) is 0. The molecule has 0 amide bonds. The second-order valence-electron chi connectivity index (χ2n) is 3.13. The smallest absolute Gasteiger partial charge is 0.123 e. The Bertz CT molecular complexity index is 251. The van der Waals surface area contributed by atoms with E-state index in [1.54, 1.807) is 19.1 Å². The summed E-state index contributed by atoms with van der Waals surface area (Å²) in [7, 11) is 0. The highest BCUT2D eigenvalue weighted by Gasteiger charge is 2.19. The van der Waals surface area contributed by atoms with Gasteiger partial charge in [0, 0.05) is 0 Å². The van der Waals surface area contributed by atoms with E-state index in [0.717, 1.165) is 5.56 Å². The molecule has 1 unspecified atom stereocenters. The van der Waals surface area contributed by atoms with Gasteiger partial charge in [0.1, 0.15) is 5.82 Å². The predicted molar refractivity (Wildman–Crippen MR) is 46.3 cm³/mol. The van der Waals surface area contributed by atoms with Gasteiger partial charge in [0.2, 0.25) is 0 Å². The fourth-order valence-corrected chi connectivity index (χ4v) is 1.01. The number of halogens is 1. The van der Waals surface area contributed by atoms with E-state index >= 15 is 0 Å². The minimum atomic E-state index is -0.840. The maximum Gasteiger partial charge on any atom is 0.123 e. The molecular formula is C10H13FO. The summed E-state index contributed by atoms with van der Waals surface area (Å²) in [5.74, 6) is -0.273. The number of rotatable bonds is 2. The molecule has 1 aromatic carbocycles. The van der Waals surface area contributed by atoms with Crippen molar-refractivity contribution in [2.45, 2.75) is 25.9 Å². The van der Waals surface area contributed by atoms with Gasteiger partial charge in [0.15, 0.2) is 0 Å². The summed E-state index contributed by atoms with van der Waals surface area (Å²) in [6.45, 7) is 3.61. The van der Waals surface area contributed by atoms with Gasteiger partial charge >= 0.3 is 0 Å². The maximum atomic E-state index is 12.5. The summed E-state index contributed by atoms with van der Waals surface area (Å²) in [6.07, 6.45) is 0.624. The Morgan fingerprint density at radius 2 is 1.83 bits per heavy atom. The summed E-state index contributed by atoms with van der Waals surface area (Å²) < 4.78 is 12.5. The van der Waals surface area contributed by atoms with Crippen molar-refractivity contribution in [3.8, 4) is 0 Å². The van der Waals surface area contributed by atoms with Crippen LogP contribution in [0.3, 0.4) is 0 Å². The van der Waals surface area contributed by atoms with Crippen LogP contribution in [0.2, 0.25) is 0 Å². The topological polar surface area (TPSA) is 20.2 Å². The van der Waals surface area contributed by atoms with Gasteiger partial charge in [-0.15, -0.1) is 0 Å². The standard InChI is InChI=1S/C10H13FO/c1-3-10(2,12)8-4-6-9(11)7-5-8/h4-7,12H,3H2,1-2H3. The van der Waals surface area contributed by atoms with Crippen LogP contribution in [-0.2, 0) is 5.60 Å². The molecule has 0 fully saturated rings. The molecule has 0 aliphatic rings. The molecule has 0 aliphatic carbocycles. The van der Waals surface area contributed by atoms with Crippen LogP contribution in [0.25, 0.3) is 0 Å². The maximum absolute atomic E-state index is 12.5. The van der Waals surface area contributed by atoms with Gasteiger partial charge < -0.3 is 5.11 Å². The monoisotopic (exact) mass is 168 g/mol. The Morgan fingerprint density at radius 1 is 1.33 bits per heavy atom. The minimum absolute atomic E-state index is 0.273. The Hall–Kier alpha value is -0.890. The lowest BCUT2D eigenvalue weighted by atomic mass is 9.94. The van der Waals surface area contributed by atoms with Crippen molar-refractivity contribution in [1.82, 2.24) is 0 Å². The molecule has 0 saturated carbocycles. The second-order valence-corrected chi connectivity index (χ2v) is 3.13. The van der Waals surface area contributed by atoms with Gasteiger partial charge in [-0.1, -0.05) is 19.1 Å². The van der Waals surface area contributed by atoms with E-state index in [-0.39, 0.29) is 5.82 Å². The molecule has 0 saturated heterocycles. The van der Waals surface area contributed by atoms with Crippen LogP contribution in [0, 0.1) is 5.82 Å². The third-order valence-electron chi connectivity index (χ3n) is 2.15. The van der Waals surface area contributed by atoms with Crippen LogP contribution >= 0.6 is 0 Å². The Morgan fingerprint density at radius 3 is 2.25 bits per heavy atom. The highest BCUT2D eigenvalue weighted by Crippen LogP contribution is 2.23. The van der Waals surface area contributed by atoms with Crippen LogP contribution in [0.4, 0.5) is 4.39 Å². The van der Waals surface area contributed by atoms with Crippen LogP contribution in [0.1, 0.15) is 25.8 Å². The van der Waals surface area contributed by atoms with Crippen molar-refractivity contribution >= 4 is 0 Å². The van der Waals surface area contributed by atoms with Crippen LogP contribution in [-0.4, -0.2) is 5.11 Å². The Labute approximate surface area is 71.9 Å². The largest absolute Gasteiger partial charge is 0.385 e. The molecule has 0 bridgehead atoms. The summed E-state index contributed by atoms with van der Waals surface area (Å²) >= 11 is 0. The van der Waals surface area contributed by atoms with E-state index in [4.69, 9.17) is 0 Å². The van der Waals surface area contributed by atoms with Gasteiger partial charge in [0.25, 0.3) is 0 Å². The first-order chi connectivity index (χ1) is 5.56. The van der Waals surface area contributed by atoms with Crippen LogP contribution < -0.4 is 0 Å². The van der Waals surface area contributed by atoms with Crippen molar-refractivity contribution < 1.29 is 9.50 Å². The highest BCUT2D eigenvalue weighted by atomic mass is 19.1. The number of hydrogen-bond donors (Lipinski definition) is 1. The minimum Gasteiger partial charge on any atom is -0.385 e. The van der Waals surface area contributed by atoms with E-state index in [1.807, 2.05) is 6.92 Å². The quantitative estimate of drug-likeness (QED) is 0.719. The lowest BCUT2D eigenvalue weighted by Crippen LogP contribution is -2.19. The van der Waals surface area contributed by atoms with Gasteiger partial charge in [-0.25, -0.2) is 4.39 Å². The summed E-state index contributed by atoms with van der Waals surface area (Å²) in [5.41, 5.74) is -0.0837.